The molecule has 0 aliphatic rings. The molecule has 1 heterocycles. The second kappa shape index (κ2) is 8.17. The number of carbonyl (C=O) groups is 2. The van der Waals surface area contributed by atoms with Gasteiger partial charge >= 0.3 is 0 Å². The number of hydrogen-bond acceptors (Lipinski definition) is 5. The van der Waals surface area contributed by atoms with Crippen LogP contribution in [0.15, 0.2) is 24.4 Å². The van der Waals surface area contributed by atoms with E-state index in [1.807, 2.05) is 0 Å². The number of primary amides is 2. The SMILES string of the molecule is CC(C)(O)OCCC(N)=O.NC(=O)c1ccccn1.[HH].[HH]. The van der Waals surface area contributed by atoms with Gasteiger partial charge < -0.3 is 21.3 Å². The molecule has 5 N–H and O–H groups in total. The van der Waals surface area contributed by atoms with E-state index in [0.717, 1.165) is 0 Å². The first kappa shape index (κ1) is 17.0. The molecule has 19 heavy (non-hydrogen) atoms. The molecule has 0 fully saturated rings. The molecule has 0 radical (unpaired) electrons. The predicted molar refractivity (Wildman–Crippen MR) is 73.0 cm³/mol. The van der Waals surface area contributed by atoms with E-state index in [1.54, 1.807) is 18.2 Å². The van der Waals surface area contributed by atoms with Crippen molar-refractivity contribution >= 4 is 11.8 Å². The third-order valence-electron chi connectivity index (χ3n) is 1.72. The molecule has 1 aromatic heterocycles. The first-order valence-corrected chi connectivity index (χ1v) is 5.58. The van der Waals surface area contributed by atoms with Gasteiger partial charge in [-0.3, -0.25) is 14.6 Å². The Labute approximate surface area is 114 Å². The summed E-state index contributed by atoms with van der Waals surface area (Å²) >= 11 is 0. The molecular formula is C12H23N3O4. The number of nitrogens with zero attached hydrogens (tertiary/aromatic N) is 1. The van der Waals surface area contributed by atoms with Crippen LogP contribution in [-0.4, -0.2) is 34.3 Å². The highest BCUT2D eigenvalue weighted by Crippen LogP contribution is 2.02. The molecule has 0 bridgehead atoms. The second-order valence-electron chi connectivity index (χ2n) is 4.09. The maximum absolute atomic E-state index is 10.4. The highest BCUT2D eigenvalue weighted by molar-refractivity contribution is 5.90. The van der Waals surface area contributed by atoms with Crippen molar-refractivity contribution in [3.63, 3.8) is 0 Å². The Bertz CT molecular complexity index is 411. The normalized spacial score (nSPS) is 10.3. The fraction of sp³-hybridized carbons (Fsp3) is 0.417. The van der Waals surface area contributed by atoms with Gasteiger partial charge in [0, 0.05) is 15.5 Å². The lowest BCUT2D eigenvalue weighted by Gasteiger charge is -2.16. The zero-order chi connectivity index (χ0) is 14.9. The summed E-state index contributed by atoms with van der Waals surface area (Å²) < 4.78 is 4.79. The van der Waals surface area contributed by atoms with Crippen LogP contribution in [0.25, 0.3) is 0 Å². The number of carbonyl (C=O) groups excluding carboxylic acids is 2. The molecule has 0 saturated carbocycles. The average Bonchev–Trinajstić information content (AvgIpc) is 2.28. The van der Waals surface area contributed by atoms with Gasteiger partial charge in [0.1, 0.15) is 5.69 Å². The smallest absolute Gasteiger partial charge is 0.267 e. The molecular weight excluding hydrogens is 250 g/mol. The molecule has 1 aromatic rings. The number of aromatic nitrogens is 1. The minimum atomic E-state index is -1.17. The van der Waals surface area contributed by atoms with Crippen molar-refractivity contribution in [3.8, 4) is 0 Å². The first-order valence-electron chi connectivity index (χ1n) is 5.58. The number of ether oxygens (including phenoxy) is 1. The van der Waals surface area contributed by atoms with E-state index in [4.69, 9.17) is 21.3 Å². The lowest BCUT2D eigenvalue weighted by atomic mass is 10.3. The maximum Gasteiger partial charge on any atom is 0.267 e. The van der Waals surface area contributed by atoms with Gasteiger partial charge in [-0.2, -0.15) is 0 Å². The summed E-state index contributed by atoms with van der Waals surface area (Å²) in [6.07, 6.45) is 1.67. The molecule has 0 atom stereocenters. The van der Waals surface area contributed by atoms with Crippen LogP contribution in [0.2, 0.25) is 0 Å². The van der Waals surface area contributed by atoms with Gasteiger partial charge in [-0.05, 0) is 26.0 Å². The molecule has 0 aliphatic heterocycles. The Morgan fingerprint density at radius 1 is 1.42 bits per heavy atom. The quantitative estimate of drug-likeness (QED) is 0.663. The van der Waals surface area contributed by atoms with Crippen LogP contribution in [0.3, 0.4) is 0 Å². The van der Waals surface area contributed by atoms with Crippen LogP contribution < -0.4 is 11.5 Å². The van der Waals surface area contributed by atoms with Gasteiger partial charge in [0.05, 0.1) is 6.61 Å². The Kier molecular flexibility index (Phi) is 7.32. The summed E-state index contributed by atoms with van der Waals surface area (Å²) in [6, 6.07) is 5.02. The van der Waals surface area contributed by atoms with Crippen LogP contribution in [0.5, 0.6) is 0 Å². The van der Waals surface area contributed by atoms with Gasteiger partial charge in [-0.25, -0.2) is 0 Å². The zero-order valence-electron chi connectivity index (χ0n) is 11.0. The van der Waals surface area contributed by atoms with E-state index in [-0.39, 0.29) is 15.9 Å². The van der Waals surface area contributed by atoms with Crippen LogP contribution in [0.1, 0.15) is 33.6 Å². The van der Waals surface area contributed by atoms with Crippen molar-refractivity contribution in [3.05, 3.63) is 30.1 Å². The van der Waals surface area contributed by atoms with E-state index >= 15 is 0 Å². The third-order valence-corrected chi connectivity index (χ3v) is 1.72. The Balaban J connectivity index is -0.000000282. The number of amides is 2. The highest BCUT2D eigenvalue weighted by Gasteiger charge is 2.11. The van der Waals surface area contributed by atoms with Crippen LogP contribution in [-0.2, 0) is 9.53 Å². The van der Waals surface area contributed by atoms with Crippen LogP contribution >= 0.6 is 0 Å². The van der Waals surface area contributed by atoms with Crippen molar-refractivity contribution in [1.29, 1.82) is 0 Å². The molecule has 110 valence electrons. The summed E-state index contributed by atoms with van der Waals surface area (Å²) in [6.45, 7) is 3.15. The largest absolute Gasteiger partial charge is 0.370 e. The molecule has 1 rings (SSSR count). The predicted octanol–water partition coefficient (Wildman–Crippen LogP) is 0.279. The van der Waals surface area contributed by atoms with Crippen molar-refractivity contribution in [1.82, 2.24) is 4.98 Å². The van der Waals surface area contributed by atoms with Crippen LogP contribution in [0.4, 0.5) is 0 Å². The van der Waals surface area contributed by atoms with Gasteiger partial charge in [0.2, 0.25) is 5.91 Å². The molecule has 0 aromatic carbocycles. The molecule has 0 saturated heterocycles. The summed E-state index contributed by atoms with van der Waals surface area (Å²) in [4.78, 5) is 24.2. The standard InChI is InChI=1S/C6H6N2O.C6H13NO3.2H2/c7-6(9)5-3-1-2-4-8-5;1-6(2,9)10-4-3-5(7)8;;/h1-4H,(H2,7,9);9H,3-4H2,1-2H3,(H2,7,8);2*1H. The lowest BCUT2D eigenvalue weighted by Crippen LogP contribution is -2.25. The summed E-state index contributed by atoms with van der Waals surface area (Å²) in [7, 11) is 0. The zero-order valence-corrected chi connectivity index (χ0v) is 11.0. The minimum Gasteiger partial charge on any atom is -0.370 e. The van der Waals surface area contributed by atoms with E-state index in [1.165, 1.54) is 20.0 Å². The fourth-order valence-electron chi connectivity index (χ4n) is 0.910. The molecule has 7 heteroatoms. The van der Waals surface area contributed by atoms with Gasteiger partial charge in [-0.1, -0.05) is 6.07 Å². The van der Waals surface area contributed by atoms with Crippen molar-refractivity contribution in [2.24, 2.45) is 11.5 Å². The fourth-order valence-corrected chi connectivity index (χ4v) is 0.910. The lowest BCUT2D eigenvalue weighted by molar-refractivity contribution is -0.176. The van der Waals surface area contributed by atoms with Crippen molar-refractivity contribution in [2.75, 3.05) is 6.61 Å². The average molecular weight is 273 g/mol. The van der Waals surface area contributed by atoms with E-state index in [0.29, 0.717) is 5.69 Å². The Morgan fingerprint density at radius 3 is 2.37 bits per heavy atom. The highest BCUT2D eigenvalue weighted by atomic mass is 16.6. The summed E-state index contributed by atoms with van der Waals surface area (Å²) in [5.41, 5.74) is 10.0. The second-order valence-corrected chi connectivity index (χ2v) is 4.09. The Hall–Kier alpha value is -1.99. The van der Waals surface area contributed by atoms with E-state index < -0.39 is 17.6 Å². The number of rotatable bonds is 5. The number of hydrogen-bond donors (Lipinski definition) is 3. The molecule has 2 amide bonds. The molecule has 0 spiro atoms. The van der Waals surface area contributed by atoms with Crippen molar-refractivity contribution in [2.45, 2.75) is 26.1 Å². The monoisotopic (exact) mass is 273 g/mol. The summed E-state index contributed by atoms with van der Waals surface area (Å²) in [5, 5.41) is 8.96. The number of aliphatic hydroxyl groups is 1. The molecule has 0 aliphatic carbocycles. The van der Waals surface area contributed by atoms with Gasteiger partial charge in [0.15, 0.2) is 5.79 Å². The maximum atomic E-state index is 10.4. The van der Waals surface area contributed by atoms with Gasteiger partial charge in [-0.15, -0.1) is 0 Å². The third kappa shape index (κ3) is 10.9. The summed E-state index contributed by atoms with van der Waals surface area (Å²) in [5.74, 6) is -2.09. The van der Waals surface area contributed by atoms with Gasteiger partial charge in [0.25, 0.3) is 5.91 Å². The Morgan fingerprint density at radius 2 is 2.05 bits per heavy atom. The topological polar surface area (TPSA) is 129 Å². The minimum absolute atomic E-state index is 0. The van der Waals surface area contributed by atoms with E-state index in [9.17, 15) is 9.59 Å². The molecule has 0 unspecified atom stereocenters. The van der Waals surface area contributed by atoms with E-state index in [2.05, 4.69) is 4.98 Å². The van der Waals surface area contributed by atoms with Crippen molar-refractivity contribution < 1.29 is 22.3 Å². The molecule has 7 nitrogen and oxygen atoms in total. The van der Waals surface area contributed by atoms with Crippen LogP contribution in [0, 0.1) is 0 Å². The first-order chi connectivity index (χ1) is 8.72. The number of pyridine rings is 1. The number of nitrogens with two attached hydrogens (primary N) is 2.